The molecule has 13 heavy (non-hydrogen) atoms. The number of nitrogens with two attached hydrogens (primary N) is 1. The van der Waals surface area contributed by atoms with E-state index in [1.54, 1.807) is 31.2 Å². The minimum atomic E-state index is -0.928. The van der Waals surface area contributed by atoms with Crippen LogP contribution in [0.25, 0.3) is 0 Å². The first-order chi connectivity index (χ1) is 5.63. The maximum atomic E-state index is 10.7. The highest BCUT2D eigenvalue weighted by Crippen LogP contribution is 2.14. The van der Waals surface area contributed by atoms with Gasteiger partial charge in [0.25, 0.3) is 0 Å². The van der Waals surface area contributed by atoms with Crippen molar-refractivity contribution in [1.29, 1.82) is 0 Å². The number of carboxylic acids is 1. The molecule has 4 heteroatoms. The van der Waals surface area contributed by atoms with E-state index in [9.17, 15) is 4.79 Å². The molecule has 0 amide bonds. The van der Waals surface area contributed by atoms with Crippen LogP contribution in [0.5, 0.6) is 0 Å². The van der Waals surface area contributed by atoms with E-state index in [4.69, 9.17) is 10.8 Å². The van der Waals surface area contributed by atoms with Crippen molar-refractivity contribution in [2.24, 2.45) is 5.73 Å². The smallest absolute Gasteiger partial charge is 0.336 e. The van der Waals surface area contributed by atoms with Crippen LogP contribution in [0.2, 0.25) is 0 Å². The van der Waals surface area contributed by atoms with E-state index in [1.165, 1.54) is 0 Å². The van der Waals surface area contributed by atoms with Crippen LogP contribution in [0.15, 0.2) is 24.3 Å². The van der Waals surface area contributed by atoms with Gasteiger partial charge >= 0.3 is 5.97 Å². The molecule has 72 valence electrons. The summed E-state index contributed by atoms with van der Waals surface area (Å²) >= 11 is 0. The lowest BCUT2D eigenvalue weighted by Gasteiger charge is -2.08. The number of hydrogen-bond acceptors (Lipinski definition) is 2. The molecule has 0 saturated carbocycles. The summed E-state index contributed by atoms with van der Waals surface area (Å²) < 4.78 is 0. The Labute approximate surface area is 83.0 Å². The van der Waals surface area contributed by atoms with Gasteiger partial charge in [-0.3, -0.25) is 0 Å². The molecule has 0 aliphatic heterocycles. The molecular weight excluding hydrogens is 190 g/mol. The highest BCUT2D eigenvalue weighted by molar-refractivity contribution is 5.89. The van der Waals surface area contributed by atoms with E-state index in [2.05, 4.69) is 0 Å². The largest absolute Gasteiger partial charge is 0.478 e. The minimum absolute atomic E-state index is 0. The van der Waals surface area contributed by atoms with Gasteiger partial charge in [-0.15, -0.1) is 12.4 Å². The third-order valence-electron chi connectivity index (χ3n) is 1.68. The molecule has 1 atom stereocenters. The summed E-state index contributed by atoms with van der Waals surface area (Å²) in [5, 5.41) is 8.76. The van der Waals surface area contributed by atoms with Gasteiger partial charge in [-0.2, -0.15) is 0 Å². The first-order valence-electron chi connectivity index (χ1n) is 3.70. The standard InChI is InChI=1S/C9H11NO2.ClH/c1-6(10)7-4-2-3-5-8(7)9(11)12;/h2-6H,10H2,1H3,(H,11,12);1H. The molecule has 0 saturated heterocycles. The number of aromatic carboxylic acids is 1. The number of hydrogen-bond donors (Lipinski definition) is 2. The Hall–Kier alpha value is -1.06. The molecule has 1 aromatic carbocycles. The minimum Gasteiger partial charge on any atom is -0.478 e. The van der Waals surface area contributed by atoms with E-state index >= 15 is 0 Å². The van der Waals surface area contributed by atoms with Crippen molar-refractivity contribution in [2.45, 2.75) is 13.0 Å². The van der Waals surface area contributed by atoms with Gasteiger partial charge in [-0.1, -0.05) is 18.2 Å². The third-order valence-corrected chi connectivity index (χ3v) is 1.68. The summed E-state index contributed by atoms with van der Waals surface area (Å²) in [4.78, 5) is 10.7. The van der Waals surface area contributed by atoms with Gasteiger partial charge in [0, 0.05) is 6.04 Å². The van der Waals surface area contributed by atoms with E-state index in [1.807, 2.05) is 0 Å². The molecule has 1 aromatic rings. The van der Waals surface area contributed by atoms with Crippen LogP contribution >= 0.6 is 12.4 Å². The number of halogens is 1. The molecule has 3 N–H and O–H groups in total. The molecule has 0 aromatic heterocycles. The lowest BCUT2D eigenvalue weighted by Crippen LogP contribution is -2.11. The van der Waals surface area contributed by atoms with Gasteiger partial charge in [-0.05, 0) is 18.6 Å². The second kappa shape index (κ2) is 4.84. The number of benzene rings is 1. The van der Waals surface area contributed by atoms with Gasteiger partial charge in [0.2, 0.25) is 0 Å². The summed E-state index contributed by atoms with van der Waals surface area (Å²) in [6.45, 7) is 1.77. The van der Waals surface area contributed by atoms with Gasteiger partial charge < -0.3 is 10.8 Å². The van der Waals surface area contributed by atoms with Crippen molar-refractivity contribution in [1.82, 2.24) is 0 Å². The zero-order valence-corrected chi connectivity index (χ0v) is 8.04. The first kappa shape index (κ1) is 11.9. The maximum Gasteiger partial charge on any atom is 0.336 e. The zero-order chi connectivity index (χ0) is 9.14. The Balaban J connectivity index is 0.00000144. The third kappa shape index (κ3) is 2.72. The van der Waals surface area contributed by atoms with Gasteiger partial charge in [-0.25, -0.2) is 4.79 Å². The van der Waals surface area contributed by atoms with Crippen molar-refractivity contribution in [3.63, 3.8) is 0 Å². The molecule has 0 spiro atoms. The average molecular weight is 202 g/mol. The van der Waals surface area contributed by atoms with Crippen LogP contribution in [-0.4, -0.2) is 11.1 Å². The van der Waals surface area contributed by atoms with Gasteiger partial charge in [0.15, 0.2) is 0 Å². The van der Waals surface area contributed by atoms with Crippen molar-refractivity contribution in [3.8, 4) is 0 Å². The van der Waals surface area contributed by atoms with Crippen LogP contribution in [0, 0.1) is 0 Å². The predicted octanol–water partition coefficient (Wildman–Crippen LogP) is 1.83. The molecule has 0 radical (unpaired) electrons. The molecule has 3 nitrogen and oxygen atoms in total. The van der Waals surface area contributed by atoms with Crippen LogP contribution in [0.3, 0.4) is 0 Å². The van der Waals surface area contributed by atoms with Crippen LogP contribution < -0.4 is 5.73 Å². The topological polar surface area (TPSA) is 63.3 Å². The molecule has 0 heterocycles. The summed E-state index contributed by atoms with van der Waals surface area (Å²) in [7, 11) is 0. The van der Waals surface area contributed by atoms with Gasteiger partial charge in [0.05, 0.1) is 5.56 Å². The Morgan fingerprint density at radius 1 is 1.46 bits per heavy atom. The molecule has 1 unspecified atom stereocenters. The Bertz CT molecular complexity index is 299. The van der Waals surface area contributed by atoms with Gasteiger partial charge in [0.1, 0.15) is 0 Å². The normalized spacial score (nSPS) is 11.5. The Morgan fingerprint density at radius 3 is 2.38 bits per heavy atom. The highest BCUT2D eigenvalue weighted by atomic mass is 35.5. The molecule has 0 aliphatic rings. The lowest BCUT2D eigenvalue weighted by atomic mass is 10.0. The SMILES string of the molecule is CC(N)c1ccccc1C(=O)O.Cl. The van der Waals surface area contributed by atoms with Crippen molar-refractivity contribution in [2.75, 3.05) is 0 Å². The molecular formula is C9H12ClNO2. The van der Waals surface area contributed by atoms with E-state index in [0.29, 0.717) is 5.56 Å². The fourth-order valence-electron chi connectivity index (χ4n) is 1.09. The van der Waals surface area contributed by atoms with E-state index in [0.717, 1.165) is 0 Å². The fourth-order valence-corrected chi connectivity index (χ4v) is 1.09. The quantitative estimate of drug-likeness (QED) is 0.768. The van der Waals surface area contributed by atoms with Crippen LogP contribution in [-0.2, 0) is 0 Å². The fraction of sp³-hybridized carbons (Fsp3) is 0.222. The summed E-state index contributed by atoms with van der Waals surface area (Å²) in [5.41, 5.74) is 6.55. The average Bonchev–Trinajstić information content (AvgIpc) is 2.04. The Kier molecular flexibility index (Phi) is 4.45. The molecule has 1 rings (SSSR count). The number of carboxylic acid groups (broad SMARTS) is 1. The molecule has 0 aliphatic carbocycles. The van der Waals surface area contributed by atoms with Crippen molar-refractivity contribution in [3.05, 3.63) is 35.4 Å². The second-order valence-electron chi connectivity index (χ2n) is 2.68. The number of rotatable bonds is 2. The highest BCUT2D eigenvalue weighted by Gasteiger charge is 2.10. The number of carbonyl (C=O) groups is 1. The summed E-state index contributed by atoms with van der Waals surface area (Å²) in [5.74, 6) is -0.928. The molecule has 0 bridgehead atoms. The van der Waals surface area contributed by atoms with Crippen LogP contribution in [0.1, 0.15) is 28.9 Å². The summed E-state index contributed by atoms with van der Waals surface area (Å²) in [6, 6.07) is 6.52. The van der Waals surface area contributed by atoms with E-state index in [-0.39, 0.29) is 24.0 Å². The summed E-state index contributed by atoms with van der Waals surface area (Å²) in [6.07, 6.45) is 0. The Morgan fingerprint density at radius 2 is 2.00 bits per heavy atom. The van der Waals surface area contributed by atoms with E-state index < -0.39 is 5.97 Å². The maximum absolute atomic E-state index is 10.7. The lowest BCUT2D eigenvalue weighted by molar-refractivity contribution is 0.0695. The predicted molar refractivity (Wildman–Crippen MR) is 53.3 cm³/mol. The zero-order valence-electron chi connectivity index (χ0n) is 7.23. The second-order valence-corrected chi connectivity index (χ2v) is 2.68. The monoisotopic (exact) mass is 201 g/mol. The van der Waals surface area contributed by atoms with Crippen molar-refractivity contribution >= 4 is 18.4 Å². The first-order valence-corrected chi connectivity index (χ1v) is 3.70. The molecule has 0 fully saturated rings. The van der Waals surface area contributed by atoms with Crippen LogP contribution in [0.4, 0.5) is 0 Å². The van der Waals surface area contributed by atoms with Crippen molar-refractivity contribution < 1.29 is 9.90 Å².